The smallest absolute Gasteiger partial charge is 0.242 e. The summed E-state index contributed by atoms with van der Waals surface area (Å²) in [7, 11) is 1.62. The molecule has 0 aromatic heterocycles. The molecule has 0 fully saturated rings. The van der Waals surface area contributed by atoms with Gasteiger partial charge in [-0.15, -0.1) is 0 Å². The van der Waals surface area contributed by atoms with Crippen molar-refractivity contribution < 1.29 is 14.3 Å². The van der Waals surface area contributed by atoms with E-state index in [9.17, 15) is 9.59 Å². The quantitative estimate of drug-likeness (QED) is 0.761. The number of hydrogen-bond acceptors (Lipinski definition) is 3. The third-order valence-electron chi connectivity index (χ3n) is 3.71. The van der Waals surface area contributed by atoms with E-state index < -0.39 is 6.04 Å². The standard InChI is InChI=1S/C18H28N2O3/c1-5-8-17(21)20(16(6-2)18(22)19-7-3)13-14-9-11-15(23-4)12-10-14/h9-12,16H,5-8,13H2,1-4H3,(H,19,22). The lowest BCUT2D eigenvalue weighted by molar-refractivity contribution is -0.141. The predicted molar refractivity (Wildman–Crippen MR) is 91.2 cm³/mol. The molecule has 2 amide bonds. The minimum absolute atomic E-state index is 0.0152. The van der Waals surface area contributed by atoms with Crippen LogP contribution < -0.4 is 10.1 Å². The molecule has 1 rings (SSSR count). The van der Waals surface area contributed by atoms with Crippen LogP contribution in [0.25, 0.3) is 0 Å². The van der Waals surface area contributed by atoms with E-state index in [0.717, 1.165) is 17.7 Å². The van der Waals surface area contributed by atoms with Crippen LogP contribution in [0.5, 0.6) is 5.75 Å². The van der Waals surface area contributed by atoms with Gasteiger partial charge in [-0.1, -0.05) is 26.0 Å². The van der Waals surface area contributed by atoms with E-state index in [0.29, 0.717) is 25.9 Å². The number of carbonyl (C=O) groups is 2. The third-order valence-corrected chi connectivity index (χ3v) is 3.71. The number of ether oxygens (including phenoxy) is 1. The minimum atomic E-state index is -0.434. The molecule has 23 heavy (non-hydrogen) atoms. The normalized spacial score (nSPS) is 11.7. The van der Waals surface area contributed by atoms with Gasteiger partial charge in [0.15, 0.2) is 0 Å². The van der Waals surface area contributed by atoms with E-state index in [1.807, 2.05) is 45.0 Å². The topological polar surface area (TPSA) is 58.6 Å². The molecule has 1 aromatic carbocycles. The zero-order valence-corrected chi connectivity index (χ0v) is 14.6. The van der Waals surface area contributed by atoms with Crippen molar-refractivity contribution in [3.05, 3.63) is 29.8 Å². The Kier molecular flexibility index (Phi) is 8.16. The van der Waals surface area contributed by atoms with Crippen molar-refractivity contribution in [2.75, 3.05) is 13.7 Å². The zero-order valence-electron chi connectivity index (χ0n) is 14.6. The summed E-state index contributed by atoms with van der Waals surface area (Å²) >= 11 is 0. The van der Waals surface area contributed by atoms with Gasteiger partial charge in [0.1, 0.15) is 11.8 Å². The van der Waals surface area contributed by atoms with Crippen molar-refractivity contribution in [1.82, 2.24) is 10.2 Å². The molecule has 0 aliphatic carbocycles. The molecule has 0 saturated heterocycles. The minimum Gasteiger partial charge on any atom is -0.497 e. The molecule has 0 heterocycles. The summed E-state index contributed by atoms with van der Waals surface area (Å²) in [5.41, 5.74) is 0.984. The summed E-state index contributed by atoms with van der Waals surface area (Å²) in [5, 5.41) is 2.83. The average Bonchev–Trinajstić information content (AvgIpc) is 2.55. The molecule has 0 aliphatic heterocycles. The molecule has 1 N–H and O–H groups in total. The van der Waals surface area contributed by atoms with Gasteiger partial charge >= 0.3 is 0 Å². The average molecular weight is 320 g/mol. The van der Waals surface area contributed by atoms with E-state index in [1.165, 1.54) is 0 Å². The van der Waals surface area contributed by atoms with Gasteiger partial charge in [-0.25, -0.2) is 0 Å². The summed E-state index contributed by atoms with van der Waals surface area (Å²) in [6.07, 6.45) is 1.81. The molecule has 0 radical (unpaired) electrons. The monoisotopic (exact) mass is 320 g/mol. The summed E-state index contributed by atoms with van der Waals surface area (Å²) < 4.78 is 5.15. The molecule has 1 aromatic rings. The Balaban J connectivity index is 2.97. The van der Waals surface area contributed by atoms with E-state index >= 15 is 0 Å². The highest BCUT2D eigenvalue weighted by atomic mass is 16.5. The Morgan fingerprint density at radius 1 is 1.17 bits per heavy atom. The number of rotatable bonds is 9. The van der Waals surface area contributed by atoms with E-state index in [1.54, 1.807) is 12.0 Å². The van der Waals surface area contributed by atoms with Gasteiger partial charge in [-0.2, -0.15) is 0 Å². The van der Waals surface area contributed by atoms with Crippen molar-refractivity contribution >= 4 is 11.8 Å². The Labute approximate surface area is 139 Å². The molecule has 128 valence electrons. The molecule has 1 unspecified atom stereocenters. The number of benzene rings is 1. The van der Waals surface area contributed by atoms with Crippen LogP contribution in [0.1, 0.15) is 45.6 Å². The maximum Gasteiger partial charge on any atom is 0.242 e. The molecular weight excluding hydrogens is 292 g/mol. The molecule has 5 nitrogen and oxygen atoms in total. The highest BCUT2D eigenvalue weighted by Gasteiger charge is 2.27. The first-order valence-electron chi connectivity index (χ1n) is 8.27. The SMILES string of the molecule is CCCC(=O)N(Cc1ccc(OC)cc1)C(CC)C(=O)NCC. The van der Waals surface area contributed by atoms with Crippen LogP contribution in [0.3, 0.4) is 0 Å². The second-order valence-electron chi connectivity index (χ2n) is 5.44. The fraction of sp³-hybridized carbons (Fsp3) is 0.556. The molecule has 0 spiro atoms. The second kappa shape index (κ2) is 9.87. The van der Waals surface area contributed by atoms with Gasteiger partial charge in [-0.05, 0) is 37.5 Å². The Morgan fingerprint density at radius 2 is 1.83 bits per heavy atom. The first-order chi connectivity index (χ1) is 11.1. The number of likely N-dealkylation sites (N-methyl/N-ethyl adjacent to an activating group) is 1. The van der Waals surface area contributed by atoms with E-state index in [-0.39, 0.29) is 11.8 Å². The number of carbonyl (C=O) groups excluding carboxylic acids is 2. The van der Waals surface area contributed by atoms with Crippen LogP contribution in [0.2, 0.25) is 0 Å². The van der Waals surface area contributed by atoms with E-state index in [4.69, 9.17) is 4.74 Å². The molecule has 5 heteroatoms. The van der Waals surface area contributed by atoms with E-state index in [2.05, 4.69) is 5.32 Å². The lowest BCUT2D eigenvalue weighted by Gasteiger charge is -2.30. The highest BCUT2D eigenvalue weighted by molar-refractivity contribution is 5.87. The molecular formula is C18H28N2O3. The Hall–Kier alpha value is -2.04. The van der Waals surface area contributed by atoms with Crippen molar-refractivity contribution in [3.8, 4) is 5.75 Å². The van der Waals surface area contributed by atoms with Crippen LogP contribution in [-0.2, 0) is 16.1 Å². The highest BCUT2D eigenvalue weighted by Crippen LogP contribution is 2.17. The van der Waals surface area contributed by atoms with Crippen LogP contribution in [0.4, 0.5) is 0 Å². The molecule has 1 atom stereocenters. The van der Waals surface area contributed by atoms with Crippen molar-refractivity contribution in [3.63, 3.8) is 0 Å². The summed E-state index contributed by atoms with van der Waals surface area (Å²) in [6.45, 7) is 6.77. The lowest BCUT2D eigenvalue weighted by atomic mass is 10.1. The number of methoxy groups -OCH3 is 1. The predicted octanol–water partition coefficient (Wildman–Crippen LogP) is 2.74. The first-order valence-corrected chi connectivity index (χ1v) is 8.27. The largest absolute Gasteiger partial charge is 0.497 e. The zero-order chi connectivity index (χ0) is 17.2. The molecule has 0 bridgehead atoms. The van der Waals surface area contributed by atoms with Crippen LogP contribution in [-0.4, -0.2) is 36.4 Å². The van der Waals surface area contributed by atoms with Crippen molar-refractivity contribution in [1.29, 1.82) is 0 Å². The van der Waals surface area contributed by atoms with Gasteiger partial charge in [0.05, 0.1) is 7.11 Å². The fourth-order valence-electron chi connectivity index (χ4n) is 2.50. The maximum atomic E-state index is 12.5. The fourth-order valence-corrected chi connectivity index (χ4v) is 2.50. The van der Waals surface area contributed by atoms with Gasteiger partial charge in [0, 0.05) is 19.5 Å². The van der Waals surface area contributed by atoms with Gasteiger partial charge < -0.3 is 15.0 Å². The summed E-state index contributed by atoms with van der Waals surface area (Å²) in [5.74, 6) is 0.699. The third kappa shape index (κ3) is 5.58. The van der Waals surface area contributed by atoms with Gasteiger partial charge in [-0.3, -0.25) is 9.59 Å². The van der Waals surface area contributed by atoms with Gasteiger partial charge in [0.25, 0.3) is 0 Å². The van der Waals surface area contributed by atoms with Crippen molar-refractivity contribution in [2.45, 2.75) is 52.6 Å². The number of hydrogen-bond donors (Lipinski definition) is 1. The number of amides is 2. The summed E-state index contributed by atoms with van der Waals surface area (Å²) in [6, 6.07) is 7.15. The first kappa shape index (κ1) is 19.0. The van der Waals surface area contributed by atoms with Crippen LogP contribution >= 0.6 is 0 Å². The number of nitrogens with one attached hydrogen (secondary N) is 1. The lowest BCUT2D eigenvalue weighted by Crippen LogP contribution is -2.48. The van der Waals surface area contributed by atoms with Crippen LogP contribution in [0, 0.1) is 0 Å². The molecule has 0 aliphatic rings. The second-order valence-corrected chi connectivity index (χ2v) is 5.44. The van der Waals surface area contributed by atoms with Gasteiger partial charge in [0.2, 0.25) is 11.8 Å². The maximum absolute atomic E-state index is 12.5. The van der Waals surface area contributed by atoms with Crippen LogP contribution in [0.15, 0.2) is 24.3 Å². The number of nitrogens with zero attached hydrogens (tertiary/aromatic N) is 1. The molecule has 0 saturated carbocycles. The Bertz CT molecular complexity index is 499. The summed E-state index contributed by atoms with van der Waals surface area (Å²) in [4.78, 5) is 26.5. The van der Waals surface area contributed by atoms with Crippen molar-refractivity contribution in [2.24, 2.45) is 0 Å². The Morgan fingerprint density at radius 3 is 2.30 bits per heavy atom.